The van der Waals surface area contributed by atoms with Gasteiger partial charge in [-0.15, -0.1) is 10.2 Å². The molecular weight excluding hydrogens is 310 g/mol. The van der Waals surface area contributed by atoms with Crippen LogP contribution in [0, 0.1) is 0 Å². The van der Waals surface area contributed by atoms with Crippen LogP contribution in [0.3, 0.4) is 0 Å². The van der Waals surface area contributed by atoms with Crippen molar-refractivity contribution in [1.29, 1.82) is 0 Å². The van der Waals surface area contributed by atoms with Crippen molar-refractivity contribution in [2.45, 2.75) is 19.8 Å². The zero-order valence-corrected chi connectivity index (χ0v) is 14.0. The number of piperazine rings is 1. The van der Waals surface area contributed by atoms with Crippen LogP contribution in [0.15, 0.2) is 12.1 Å². The van der Waals surface area contributed by atoms with Gasteiger partial charge in [-0.25, -0.2) is 4.79 Å². The third kappa shape index (κ3) is 3.58. The van der Waals surface area contributed by atoms with Crippen molar-refractivity contribution < 1.29 is 14.3 Å². The summed E-state index contributed by atoms with van der Waals surface area (Å²) < 4.78 is 4.98. The van der Waals surface area contributed by atoms with Crippen LogP contribution in [-0.4, -0.2) is 77.9 Å². The summed E-state index contributed by atoms with van der Waals surface area (Å²) in [5.41, 5.74) is 0.350. The Morgan fingerprint density at radius 1 is 1.00 bits per heavy atom. The van der Waals surface area contributed by atoms with Gasteiger partial charge < -0.3 is 19.4 Å². The lowest BCUT2D eigenvalue weighted by Gasteiger charge is -2.33. The molecule has 3 heterocycles. The first-order valence-electron chi connectivity index (χ1n) is 8.48. The molecule has 2 fully saturated rings. The number of aromatic nitrogens is 2. The molecule has 2 amide bonds. The second-order valence-electron chi connectivity index (χ2n) is 5.95. The van der Waals surface area contributed by atoms with Gasteiger partial charge in [0.25, 0.3) is 5.91 Å². The molecule has 8 heteroatoms. The first kappa shape index (κ1) is 16.5. The van der Waals surface area contributed by atoms with Crippen LogP contribution in [0.2, 0.25) is 0 Å². The molecule has 0 spiro atoms. The summed E-state index contributed by atoms with van der Waals surface area (Å²) in [4.78, 5) is 29.7. The Morgan fingerprint density at radius 2 is 1.67 bits per heavy atom. The minimum Gasteiger partial charge on any atom is -0.450 e. The van der Waals surface area contributed by atoms with E-state index in [0.29, 0.717) is 38.5 Å². The summed E-state index contributed by atoms with van der Waals surface area (Å²) in [6.07, 6.45) is 2.03. The van der Waals surface area contributed by atoms with Crippen molar-refractivity contribution in [3.8, 4) is 0 Å². The van der Waals surface area contributed by atoms with E-state index in [4.69, 9.17) is 4.74 Å². The molecule has 1 aromatic rings. The van der Waals surface area contributed by atoms with Crippen molar-refractivity contribution >= 4 is 17.8 Å². The monoisotopic (exact) mass is 333 g/mol. The van der Waals surface area contributed by atoms with E-state index in [-0.39, 0.29) is 12.0 Å². The van der Waals surface area contributed by atoms with E-state index in [9.17, 15) is 9.59 Å². The largest absolute Gasteiger partial charge is 0.450 e. The number of amides is 2. The van der Waals surface area contributed by atoms with Crippen molar-refractivity contribution in [2.24, 2.45) is 0 Å². The van der Waals surface area contributed by atoms with Crippen molar-refractivity contribution in [3.63, 3.8) is 0 Å². The number of carbonyl (C=O) groups is 2. The molecular formula is C16H23N5O3. The molecule has 2 saturated heterocycles. The summed E-state index contributed by atoms with van der Waals surface area (Å²) in [7, 11) is 0. The Bertz CT molecular complexity index is 578. The normalized spacial score (nSPS) is 18.0. The molecule has 0 bridgehead atoms. The first-order chi connectivity index (χ1) is 11.7. The number of anilines is 1. The molecule has 1 aromatic heterocycles. The average molecular weight is 333 g/mol. The van der Waals surface area contributed by atoms with Crippen LogP contribution in [0.4, 0.5) is 10.6 Å². The second-order valence-corrected chi connectivity index (χ2v) is 5.95. The van der Waals surface area contributed by atoms with Gasteiger partial charge in [0, 0.05) is 39.3 Å². The Morgan fingerprint density at radius 3 is 2.25 bits per heavy atom. The van der Waals surface area contributed by atoms with E-state index < -0.39 is 0 Å². The zero-order chi connectivity index (χ0) is 16.9. The van der Waals surface area contributed by atoms with Crippen LogP contribution in [0.1, 0.15) is 30.3 Å². The predicted molar refractivity (Wildman–Crippen MR) is 88.0 cm³/mol. The highest BCUT2D eigenvalue weighted by Crippen LogP contribution is 2.17. The highest BCUT2D eigenvalue weighted by molar-refractivity contribution is 5.92. The lowest BCUT2D eigenvalue weighted by atomic mass is 10.2. The number of carbonyl (C=O) groups excluding carboxylic acids is 2. The van der Waals surface area contributed by atoms with E-state index in [1.54, 1.807) is 22.8 Å². The third-order valence-corrected chi connectivity index (χ3v) is 4.39. The van der Waals surface area contributed by atoms with Crippen LogP contribution in [0.25, 0.3) is 0 Å². The Labute approximate surface area is 141 Å². The number of nitrogens with zero attached hydrogens (tertiary/aromatic N) is 5. The van der Waals surface area contributed by atoms with Crippen molar-refractivity contribution in [1.82, 2.24) is 20.0 Å². The number of hydrogen-bond donors (Lipinski definition) is 0. The van der Waals surface area contributed by atoms with Crippen LogP contribution in [-0.2, 0) is 4.74 Å². The maximum atomic E-state index is 12.5. The van der Waals surface area contributed by atoms with Gasteiger partial charge in [-0.2, -0.15) is 0 Å². The molecule has 0 radical (unpaired) electrons. The van der Waals surface area contributed by atoms with Crippen LogP contribution >= 0.6 is 0 Å². The van der Waals surface area contributed by atoms with Gasteiger partial charge in [0.15, 0.2) is 11.5 Å². The van der Waals surface area contributed by atoms with E-state index in [1.807, 2.05) is 6.07 Å². The quantitative estimate of drug-likeness (QED) is 0.821. The summed E-state index contributed by atoms with van der Waals surface area (Å²) in [5.74, 6) is 0.690. The number of rotatable bonds is 3. The van der Waals surface area contributed by atoms with Gasteiger partial charge in [-0.3, -0.25) is 4.79 Å². The van der Waals surface area contributed by atoms with Gasteiger partial charge in [0.05, 0.1) is 6.61 Å². The minimum atomic E-state index is -0.320. The summed E-state index contributed by atoms with van der Waals surface area (Å²) in [6, 6.07) is 3.60. The Kier molecular flexibility index (Phi) is 5.12. The van der Waals surface area contributed by atoms with E-state index >= 15 is 0 Å². The molecule has 24 heavy (non-hydrogen) atoms. The zero-order valence-electron chi connectivity index (χ0n) is 14.0. The SMILES string of the molecule is CCOC(=O)N1CCN(C(=O)c2ccc(N3CCCC3)nn2)CC1. The lowest BCUT2D eigenvalue weighted by molar-refractivity contribution is 0.0565. The molecule has 8 nitrogen and oxygen atoms in total. The highest BCUT2D eigenvalue weighted by atomic mass is 16.6. The molecule has 2 aliphatic rings. The van der Waals surface area contributed by atoms with E-state index in [0.717, 1.165) is 18.9 Å². The molecule has 0 atom stereocenters. The molecule has 0 unspecified atom stereocenters. The van der Waals surface area contributed by atoms with Gasteiger partial charge in [-0.05, 0) is 31.9 Å². The average Bonchev–Trinajstić information content (AvgIpc) is 3.16. The fourth-order valence-electron chi connectivity index (χ4n) is 3.02. The highest BCUT2D eigenvalue weighted by Gasteiger charge is 2.26. The maximum absolute atomic E-state index is 12.5. The van der Waals surface area contributed by atoms with Gasteiger partial charge in [0.2, 0.25) is 0 Å². The lowest BCUT2D eigenvalue weighted by Crippen LogP contribution is -2.50. The summed E-state index contributed by atoms with van der Waals surface area (Å²) in [6.45, 7) is 6.04. The molecule has 0 aromatic carbocycles. The third-order valence-electron chi connectivity index (χ3n) is 4.39. The predicted octanol–water partition coefficient (Wildman–Crippen LogP) is 0.991. The van der Waals surface area contributed by atoms with E-state index in [1.165, 1.54) is 12.8 Å². The summed E-state index contributed by atoms with van der Waals surface area (Å²) >= 11 is 0. The minimum absolute atomic E-state index is 0.140. The maximum Gasteiger partial charge on any atom is 0.409 e. The molecule has 0 N–H and O–H groups in total. The van der Waals surface area contributed by atoms with Crippen molar-refractivity contribution in [3.05, 3.63) is 17.8 Å². The molecule has 0 aliphatic carbocycles. The van der Waals surface area contributed by atoms with Gasteiger partial charge in [-0.1, -0.05) is 0 Å². The van der Waals surface area contributed by atoms with Crippen LogP contribution < -0.4 is 4.90 Å². The van der Waals surface area contributed by atoms with Crippen LogP contribution in [0.5, 0.6) is 0 Å². The fraction of sp³-hybridized carbons (Fsp3) is 0.625. The smallest absolute Gasteiger partial charge is 0.409 e. The van der Waals surface area contributed by atoms with Gasteiger partial charge in [0.1, 0.15) is 0 Å². The second kappa shape index (κ2) is 7.46. The molecule has 130 valence electrons. The Balaban J connectivity index is 1.56. The Hall–Kier alpha value is -2.38. The topological polar surface area (TPSA) is 78.9 Å². The van der Waals surface area contributed by atoms with Crippen molar-refractivity contribution in [2.75, 3.05) is 50.8 Å². The van der Waals surface area contributed by atoms with E-state index in [2.05, 4.69) is 15.1 Å². The molecule has 0 saturated carbocycles. The number of ether oxygens (including phenoxy) is 1. The molecule has 2 aliphatic heterocycles. The fourth-order valence-corrected chi connectivity index (χ4v) is 3.02. The molecule has 3 rings (SSSR count). The number of hydrogen-bond acceptors (Lipinski definition) is 6. The standard InChI is InChI=1S/C16H23N5O3/c1-2-24-16(23)21-11-9-20(10-12-21)15(22)13-5-6-14(18-17-13)19-7-3-4-8-19/h5-6H,2-4,7-12H2,1H3. The first-order valence-corrected chi connectivity index (χ1v) is 8.48. The van der Waals surface area contributed by atoms with Gasteiger partial charge >= 0.3 is 6.09 Å². The summed E-state index contributed by atoms with van der Waals surface area (Å²) in [5, 5.41) is 8.28.